The number of aryl methyl sites for hydroxylation is 1. The van der Waals surface area contributed by atoms with Crippen LogP contribution < -0.4 is 14.2 Å². The fraction of sp³-hybridized carbons (Fsp3) is 0.227. The highest BCUT2D eigenvalue weighted by Crippen LogP contribution is 2.41. The lowest BCUT2D eigenvalue weighted by molar-refractivity contribution is 0.207. The average molecular weight is 347 g/mol. The Labute approximate surface area is 153 Å². The summed E-state index contributed by atoms with van der Waals surface area (Å²) in [6, 6.07) is 19.8. The molecule has 4 nitrogen and oxygen atoms in total. The van der Waals surface area contributed by atoms with E-state index in [0.717, 1.165) is 35.8 Å². The van der Waals surface area contributed by atoms with Gasteiger partial charge in [0.15, 0.2) is 0 Å². The summed E-state index contributed by atoms with van der Waals surface area (Å²) in [4.78, 5) is 4.38. The zero-order chi connectivity index (χ0) is 17.9. The Kier molecular flexibility index (Phi) is 4.48. The quantitative estimate of drug-likeness (QED) is 0.631. The predicted octanol–water partition coefficient (Wildman–Crippen LogP) is 5.26. The molecule has 0 radical (unpaired) electrons. The molecule has 0 amide bonds. The van der Waals surface area contributed by atoms with Gasteiger partial charge < -0.3 is 14.2 Å². The summed E-state index contributed by atoms with van der Waals surface area (Å²) in [5.41, 5.74) is 3.21. The summed E-state index contributed by atoms with van der Waals surface area (Å²) in [6.07, 6.45) is 1.95. The van der Waals surface area contributed by atoms with Crippen LogP contribution in [0.2, 0.25) is 0 Å². The first-order chi connectivity index (χ1) is 12.7. The van der Waals surface area contributed by atoms with E-state index in [1.165, 1.54) is 11.1 Å². The lowest BCUT2D eigenvalue weighted by Crippen LogP contribution is -2.03. The SMILES string of the molecule is COc1ccc(Oc2cccc3c2CCC3Oc2ccccc2)c(C)n1. The van der Waals surface area contributed by atoms with Crippen molar-refractivity contribution in [1.82, 2.24) is 4.98 Å². The zero-order valence-corrected chi connectivity index (χ0v) is 14.9. The summed E-state index contributed by atoms with van der Waals surface area (Å²) in [5, 5.41) is 0. The molecule has 1 atom stereocenters. The van der Waals surface area contributed by atoms with Crippen molar-refractivity contribution in [2.45, 2.75) is 25.9 Å². The van der Waals surface area contributed by atoms with Crippen molar-refractivity contribution >= 4 is 0 Å². The lowest BCUT2D eigenvalue weighted by Gasteiger charge is -2.16. The molecule has 1 aliphatic rings. The molecule has 0 N–H and O–H groups in total. The van der Waals surface area contributed by atoms with E-state index in [0.29, 0.717) is 5.88 Å². The maximum Gasteiger partial charge on any atom is 0.213 e. The molecule has 1 aliphatic carbocycles. The van der Waals surface area contributed by atoms with E-state index >= 15 is 0 Å². The summed E-state index contributed by atoms with van der Waals surface area (Å²) in [6.45, 7) is 1.92. The molecule has 0 spiro atoms. The molecule has 132 valence electrons. The van der Waals surface area contributed by atoms with Gasteiger partial charge in [-0.05, 0) is 49.6 Å². The first-order valence-corrected chi connectivity index (χ1v) is 8.77. The first kappa shape index (κ1) is 16.5. The maximum atomic E-state index is 6.18. The molecular formula is C22H21NO3. The molecule has 0 saturated heterocycles. The highest BCUT2D eigenvalue weighted by Gasteiger charge is 2.27. The Morgan fingerprint density at radius 1 is 0.923 bits per heavy atom. The Balaban J connectivity index is 1.58. The number of ether oxygens (including phenoxy) is 3. The summed E-state index contributed by atoms with van der Waals surface area (Å²) in [5.74, 6) is 3.10. The van der Waals surface area contributed by atoms with Crippen molar-refractivity contribution in [3.8, 4) is 23.1 Å². The van der Waals surface area contributed by atoms with Crippen LogP contribution in [0.3, 0.4) is 0 Å². The van der Waals surface area contributed by atoms with Gasteiger partial charge >= 0.3 is 0 Å². The number of pyridine rings is 1. The molecule has 0 fully saturated rings. The van der Waals surface area contributed by atoms with Gasteiger partial charge in [0.05, 0.1) is 12.8 Å². The largest absolute Gasteiger partial charge is 0.486 e. The molecule has 4 rings (SSSR count). The summed E-state index contributed by atoms with van der Waals surface area (Å²) < 4.78 is 17.5. The molecule has 0 aliphatic heterocycles. The fourth-order valence-corrected chi connectivity index (χ4v) is 3.33. The highest BCUT2D eigenvalue weighted by atomic mass is 16.5. The normalized spacial score (nSPS) is 15.4. The number of aromatic nitrogens is 1. The molecule has 1 aromatic heterocycles. The van der Waals surface area contributed by atoms with Gasteiger partial charge in [0.1, 0.15) is 23.4 Å². The minimum atomic E-state index is 0.0611. The minimum absolute atomic E-state index is 0.0611. The second kappa shape index (κ2) is 7.08. The van der Waals surface area contributed by atoms with Crippen molar-refractivity contribution in [2.75, 3.05) is 7.11 Å². The van der Waals surface area contributed by atoms with Gasteiger partial charge in [0.25, 0.3) is 0 Å². The van der Waals surface area contributed by atoms with Crippen LogP contribution in [0.25, 0.3) is 0 Å². The second-order valence-electron chi connectivity index (χ2n) is 6.32. The molecule has 0 saturated carbocycles. The van der Waals surface area contributed by atoms with Crippen LogP contribution in [0.15, 0.2) is 60.7 Å². The number of para-hydroxylation sites is 1. The smallest absolute Gasteiger partial charge is 0.213 e. The van der Waals surface area contributed by atoms with Crippen molar-refractivity contribution in [1.29, 1.82) is 0 Å². The van der Waals surface area contributed by atoms with Crippen molar-refractivity contribution in [2.24, 2.45) is 0 Å². The fourth-order valence-electron chi connectivity index (χ4n) is 3.33. The molecule has 1 heterocycles. The Morgan fingerprint density at radius 3 is 2.54 bits per heavy atom. The van der Waals surface area contributed by atoms with E-state index in [1.807, 2.05) is 61.5 Å². The Bertz CT molecular complexity index is 909. The third-order valence-electron chi connectivity index (χ3n) is 4.64. The van der Waals surface area contributed by atoms with Crippen molar-refractivity contribution < 1.29 is 14.2 Å². The van der Waals surface area contributed by atoms with E-state index in [1.54, 1.807) is 7.11 Å². The average Bonchev–Trinajstić information content (AvgIpc) is 3.08. The van der Waals surface area contributed by atoms with Gasteiger partial charge in [-0.25, -0.2) is 4.98 Å². The molecule has 26 heavy (non-hydrogen) atoms. The monoisotopic (exact) mass is 347 g/mol. The van der Waals surface area contributed by atoms with Gasteiger partial charge in [0.2, 0.25) is 5.88 Å². The van der Waals surface area contributed by atoms with E-state index in [4.69, 9.17) is 14.2 Å². The summed E-state index contributed by atoms with van der Waals surface area (Å²) >= 11 is 0. The number of fused-ring (bicyclic) bond motifs is 1. The highest BCUT2D eigenvalue weighted by molar-refractivity contribution is 5.47. The van der Waals surface area contributed by atoms with Crippen LogP contribution in [0.4, 0.5) is 0 Å². The molecule has 0 bridgehead atoms. The molecule has 1 unspecified atom stereocenters. The standard InChI is InChI=1S/C22H21NO3/c1-15-19(13-14-22(23-15)24-2)26-20-10-6-9-17-18(20)11-12-21(17)25-16-7-4-3-5-8-16/h3-10,13-14,21H,11-12H2,1-2H3. The van der Waals surface area contributed by atoms with Gasteiger partial charge in [-0.3, -0.25) is 0 Å². The van der Waals surface area contributed by atoms with E-state index in [9.17, 15) is 0 Å². The summed E-state index contributed by atoms with van der Waals surface area (Å²) in [7, 11) is 1.61. The van der Waals surface area contributed by atoms with E-state index < -0.39 is 0 Å². The number of benzene rings is 2. The van der Waals surface area contributed by atoms with Crippen LogP contribution >= 0.6 is 0 Å². The molecule has 3 aromatic rings. The molecular weight excluding hydrogens is 326 g/mol. The van der Waals surface area contributed by atoms with Gasteiger partial charge in [-0.2, -0.15) is 0 Å². The van der Waals surface area contributed by atoms with Crippen molar-refractivity contribution in [3.05, 3.63) is 77.5 Å². The topological polar surface area (TPSA) is 40.6 Å². The van der Waals surface area contributed by atoms with Crippen LogP contribution in [-0.2, 0) is 6.42 Å². The number of rotatable bonds is 5. The van der Waals surface area contributed by atoms with Gasteiger partial charge in [-0.15, -0.1) is 0 Å². The first-order valence-electron chi connectivity index (χ1n) is 8.77. The van der Waals surface area contributed by atoms with Crippen LogP contribution in [-0.4, -0.2) is 12.1 Å². The third-order valence-corrected chi connectivity index (χ3v) is 4.64. The van der Waals surface area contributed by atoms with Crippen molar-refractivity contribution in [3.63, 3.8) is 0 Å². The van der Waals surface area contributed by atoms with Crippen LogP contribution in [0.5, 0.6) is 23.1 Å². The van der Waals surface area contributed by atoms with E-state index in [2.05, 4.69) is 11.1 Å². The number of methoxy groups -OCH3 is 1. The maximum absolute atomic E-state index is 6.18. The minimum Gasteiger partial charge on any atom is -0.486 e. The molecule has 2 aromatic carbocycles. The Morgan fingerprint density at radius 2 is 1.77 bits per heavy atom. The zero-order valence-electron chi connectivity index (χ0n) is 14.9. The number of hydrogen-bond donors (Lipinski definition) is 0. The number of hydrogen-bond acceptors (Lipinski definition) is 4. The van der Waals surface area contributed by atoms with Gasteiger partial charge in [-0.1, -0.05) is 30.3 Å². The van der Waals surface area contributed by atoms with Gasteiger partial charge in [0, 0.05) is 11.6 Å². The van der Waals surface area contributed by atoms with Crippen LogP contribution in [0, 0.1) is 6.92 Å². The third kappa shape index (κ3) is 3.23. The lowest BCUT2D eigenvalue weighted by atomic mass is 10.1. The second-order valence-corrected chi connectivity index (χ2v) is 6.32. The van der Waals surface area contributed by atoms with Crippen LogP contribution in [0.1, 0.15) is 29.3 Å². The molecule has 4 heteroatoms. The van der Waals surface area contributed by atoms with E-state index in [-0.39, 0.29) is 6.10 Å². The number of nitrogens with zero attached hydrogens (tertiary/aromatic N) is 1. The predicted molar refractivity (Wildman–Crippen MR) is 100 cm³/mol. The Hall–Kier alpha value is -3.01.